The van der Waals surface area contributed by atoms with Gasteiger partial charge in [0.1, 0.15) is 11.8 Å². The Kier molecular flexibility index (Phi) is 8.79. The standard InChI is InChI=1S/C26H32ClN7O3/c1-16(17-6-9-34(10-7-17)25(35)18-3-4-18)29-8-5-19-11-23(37-2)22(12-21(19)27)32-26(36)33-24-15-30-20(13-28)14-31-24/h11-12,14-18,29H,3-10H2,1-2H3,(H2,31,32,33,36). The summed E-state index contributed by atoms with van der Waals surface area (Å²) in [6.45, 7) is 4.66. The van der Waals surface area contributed by atoms with Gasteiger partial charge in [-0.15, -0.1) is 0 Å². The van der Waals surface area contributed by atoms with E-state index in [1.165, 1.54) is 19.5 Å². The Morgan fingerprint density at radius 1 is 1.19 bits per heavy atom. The van der Waals surface area contributed by atoms with Gasteiger partial charge in [0.2, 0.25) is 5.91 Å². The van der Waals surface area contributed by atoms with Gasteiger partial charge in [-0.1, -0.05) is 11.6 Å². The highest BCUT2D eigenvalue weighted by Gasteiger charge is 2.35. The van der Waals surface area contributed by atoms with Gasteiger partial charge in [-0.25, -0.2) is 14.8 Å². The van der Waals surface area contributed by atoms with Gasteiger partial charge in [0.05, 0.1) is 25.2 Å². The van der Waals surface area contributed by atoms with E-state index in [-0.39, 0.29) is 11.5 Å². The number of methoxy groups -OCH3 is 1. The number of carbonyl (C=O) groups excluding carboxylic acids is 2. The van der Waals surface area contributed by atoms with E-state index in [1.54, 1.807) is 6.07 Å². The smallest absolute Gasteiger partial charge is 0.325 e. The number of nitrogens with zero attached hydrogens (tertiary/aromatic N) is 4. The predicted octanol–water partition coefficient (Wildman–Crippen LogP) is 3.82. The minimum Gasteiger partial charge on any atom is -0.495 e. The van der Waals surface area contributed by atoms with Crippen molar-refractivity contribution in [1.82, 2.24) is 20.2 Å². The molecule has 2 heterocycles. The molecule has 1 atom stereocenters. The molecule has 1 aliphatic heterocycles. The molecule has 10 nitrogen and oxygen atoms in total. The molecule has 0 spiro atoms. The SMILES string of the molecule is COc1cc(CCNC(C)C2CCN(C(=O)C3CC3)CC2)c(Cl)cc1NC(=O)Nc1cnc(C#N)cn1. The first-order valence-corrected chi connectivity index (χ1v) is 12.9. The van der Waals surface area contributed by atoms with Crippen molar-refractivity contribution >= 4 is 35.0 Å². The van der Waals surface area contributed by atoms with E-state index in [2.05, 4.69) is 32.8 Å². The summed E-state index contributed by atoms with van der Waals surface area (Å²) >= 11 is 6.53. The molecule has 1 unspecified atom stereocenters. The van der Waals surface area contributed by atoms with Crippen molar-refractivity contribution in [2.45, 2.75) is 45.1 Å². The number of likely N-dealkylation sites (tertiary alicyclic amines) is 1. The number of nitriles is 1. The zero-order chi connectivity index (χ0) is 26.4. The summed E-state index contributed by atoms with van der Waals surface area (Å²) in [5.41, 5.74) is 1.49. The maximum Gasteiger partial charge on any atom is 0.325 e. The number of urea groups is 1. The van der Waals surface area contributed by atoms with Gasteiger partial charge in [-0.05, 0) is 69.2 Å². The first-order valence-electron chi connectivity index (χ1n) is 12.6. The largest absolute Gasteiger partial charge is 0.495 e. The first kappa shape index (κ1) is 26.6. The summed E-state index contributed by atoms with van der Waals surface area (Å²) in [5, 5.41) is 18.2. The molecule has 196 valence electrons. The molecule has 37 heavy (non-hydrogen) atoms. The Labute approximate surface area is 221 Å². The molecule has 4 rings (SSSR count). The Morgan fingerprint density at radius 2 is 1.95 bits per heavy atom. The molecule has 3 amide bonds. The van der Waals surface area contributed by atoms with E-state index >= 15 is 0 Å². The number of carbonyl (C=O) groups is 2. The van der Waals surface area contributed by atoms with Crippen LogP contribution in [0.4, 0.5) is 16.3 Å². The topological polar surface area (TPSA) is 132 Å². The number of benzene rings is 1. The molecule has 1 aromatic carbocycles. The second-order valence-electron chi connectivity index (χ2n) is 9.55. The van der Waals surface area contributed by atoms with Gasteiger partial charge >= 0.3 is 6.03 Å². The lowest BCUT2D eigenvalue weighted by Crippen LogP contribution is -2.44. The number of piperidine rings is 1. The van der Waals surface area contributed by atoms with Crippen molar-refractivity contribution in [3.05, 3.63) is 40.8 Å². The summed E-state index contributed by atoms with van der Waals surface area (Å²) in [4.78, 5) is 34.6. The maximum absolute atomic E-state index is 12.4. The highest BCUT2D eigenvalue weighted by Crippen LogP contribution is 2.33. The van der Waals surface area contributed by atoms with Gasteiger partial charge in [0.25, 0.3) is 0 Å². The lowest BCUT2D eigenvalue weighted by Gasteiger charge is -2.35. The predicted molar refractivity (Wildman–Crippen MR) is 141 cm³/mol. The van der Waals surface area contributed by atoms with Gasteiger partial charge < -0.3 is 20.3 Å². The van der Waals surface area contributed by atoms with E-state index in [4.69, 9.17) is 21.6 Å². The molecule has 0 radical (unpaired) electrons. The highest BCUT2D eigenvalue weighted by atomic mass is 35.5. The van der Waals surface area contributed by atoms with Gasteiger partial charge in [0.15, 0.2) is 11.5 Å². The van der Waals surface area contributed by atoms with Crippen LogP contribution in [0.15, 0.2) is 24.5 Å². The van der Waals surface area contributed by atoms with E-state index in [0.717, 1.165) is 50.9 Å². The van der Waals surface area contributed by atoms with E-state index in [9.17, 15) is 9.59 Å². The number of halogens is 1. The summed E-state index contributed by atoms with van der Waals surface area (Å²) < 4.78 is 5.48. The first-order chi connectivity index (χ1) is 17.9. The summed E-state index contributed by atoms with van der Waals surface area (Å²) in [7, 11) is 1.53. The normalized spacial score (nSPS) is 16.5. The average Bonchev–Trinajstić information content (AvgIpc) is 3.75. The molecule has 3 N–H and O–H groups in total. The molecular weight excluding hydrogens is 494 g/mol. The van der Waals surface area contributed by atoms with Gasteiger partial charge in [-0.3, -0.25) is 10.1 Å². The zero-order valence-electron chi connectivity index (χ0n) is 21.1. The molecule has 1 aliphatic carbocycles. The number of rotatable bonds is 9. The fourth-order valence-electron chi connectivity index (χ4n) is 4.58. The quantitative estimate of drug-likeness (QED) is 0.453. The lowest BCUT2D eigenvalue weighted by molar-refractivity contribution is -0.134. The van der Waals surface area contributed by atoms with Crippen LogP contribution < -0.4 is 20.7 Å². The molecule has 11 heteroatoms. The van der Waals surface area contributed by atoms with Gasteiger partial charge in [0, 0.05) is 30.1 Å². The highest BCUT2D eigenvalue weighted by molar-refractivity contribution is 6.31. The molecular formula is C26H32ClN7O3. The molecule has 2 fully saturated rings. The van der Waals surface area contributed by atoms with Crippen LogP contribution in [0.5, 0.6) is 5.75 Å². The van der Waals surface area contributed by atoms with Crippen molar-refractivity contribution in [2.75, 3.05) is 37.4 Å². The van der Waals surface area contributed by atoms with Gasteiger partial charge in [-0.2, -0.15) is 5.26 Å². The molecule has 1 saturated heterocycles. The fraction of sp³-hybridized carbons (Fsp3) is 0.500. The third-order valence-corrected chi connectivity index (χ3v) is 7.32. The van der Waals surface area contributed by atoms with E-state index in [1.807, 2.05) is 17.0 Å². The molecule has 2 aliphatic rings. The Balaban J connectivity index is 1.26. The van der Waals surface area contributed by atoms with Crippen LogP contribution in [-0.2, 0) is 11.2 Å². The van der Waals surface area contributed by atoms with Crippen molar-refractivity contribution in [3.8, 4) is 11.8 Å². The zero-order valence-corrected chi connectivity index (χ0v) is 21.8. The molecule has 0 bridgehead atoms. The van der Waals surface area contributed by atoms with E-state index in [0.29, 0.717) is 46.7 Å². The minimum atomic E-state index is -0.540. The Hall–Kier alpha value is -3.42. The fourth-order valence-corrected chi connectivity index (χ4v) is 4.84. The van der Waals surface area contributed by atoms with Crippen molar-refractivity contribution in [3.63, 3.8) is 0 Å². The second-order valence-corrected chi connectivity index (χ2v) is 9.96. The van der Waals surface area contributed by atoms with E-state index < -0.39 is 6.03 Å². The number of nitrogens with one attached hydrogen (secondary N) is 3. The van der Waals surface area contributed by atoms with Crippen LogP contribution in [0, 0.1) is 23.2 Å². The molecule has 2 aromatic rings. The number of ether oxygens (including phenoxy) is 1. The molecule has 1 aromatic heterocycles. The van der Waals surface area contributed by atoms with Crippen molar-refractivity contribution in [1.29, 1.82) is 5.26 Å². The Bertz CT molecular complexity index is 1160. The number of amides is 3. The minimum absolute atomic E-state index is 0.157. The maximum atomic E-state index is 12.4. The number of aromatic nitrogens is 2. The van der Waals surface area contributed by atoms with Crippen LogP contribution in [0.25, 0.3) is 0 Å². The third kappa shape index (κ3) is 7.08. The monoisotopic (exact) mass is 525 g/mol. The van der Waals surface area contributed by atoms with Crippen molar-refractivity contribution in [2.24, 2.45) is 11.8 Å². The Morgan fingerprint density at radius 3 is 2.57 bits per heavy atom. The van der Waals surface area contributed by atoms with Crippen molar-refractivity contribution < 1.29 is 14.3 Å². The van der Waals surface area contributed by atoms with Crippen LogP contribution >= 0.6 is 11.6 Å². The van der Waals surface area contributed by atoms with Crippen LogP contribution in [0.1, 0.15) is 43.9 Å². The third-order valence-electron chi connectivity index (χ3n) is 6.97. The number of anilines is 2. The van der Waals surface area contributed by atoms with Crippen LogP contribution in [0.2, 0.25) is 5.02 Å². The number of hydrogen-bond acceptors (Lipinski definition) is 7. The summed E-state index contributed by atoms with van der Waals surface area (Å²) in [5.74, 6) is 1.88. The van der Waals surface area contributed by atoms with Crippen LogP contribution in [-0.4, -0.2) is 59.6 Å². The second kappa shape index (κ2) is 12.2. The number of hydrogen-bond donors (Lipinski definition) is 3. The summed E-state index contributed by atoms with van der Waals surface area (Å²) in [6, 6.07) is 5.16. The average molecular weight is 526 g/mol. The molecule has 1 saturated carbocycles. The lowest BCUT2D eigenvalue weighted by atomic mass is 9.90. The summed E-state index contributed by atoms with van der Waals surface area (Å²) in [6.07, 6.45) is 7.44. The van der Waals surface area contributed by atoms with Crippen LogP contribution in [0.3, 0.4) is 0 Å².